The summed E-state index contributed by atoms with van der Waals surface area (Å²) in [5.41, 5.74) is 3.85. The SMILES string of the molecule is c1ccc([C@H]2c3c(ccc4ccccc34)Oc3ncn4nc(-c5ccco5)nc4c32)cc1. The predicted molar refractivity (Wildman–Crippen MR) is 120 cm³/mol. The van der Waals surface area contributed by atoms with E-state index in [9.17, 15) is 0 Å². The number of aromatic nitrogens is 4. The van der Waals surface area contributed by atoms with E-state index in [1.807, 2.05) is 24.3 Å². The van der Waals surface area contributed by atoms with Crippen LogP contribution in [0.1, 0.15) is 22.6 Å². The molecule has 6 nitrogen and oxygen atoms in total. The molecular weight excluding hydrogens is 400 g/mol. The fraction of sp³-hybridized carbons (Fsp3) is 0.0385. The van der Waals surface area contributed by atoms with E-state index in [1.54, 1.807) is 17.1 Å². The molecule has 0 saturated carbocycles. The van der Waals surface area contributed by atoms with Crippen LogP contribution in [-0.2, 0) is 0 Å². The van der Waals surface area contributed by atoms with Gasteiger partial charge in [-0.2, -0.15) is 0 Å². The van der Waals surface area contributed by atoms with E-state index in [0.717, 1.165) is 33.2 Å². The molecule has 3 aromatic carbocycles. The molecule has 0 spiro atoms. The third kappa shape index (κ3) is 2.43. The molecule has 0 aliphatic carbocycles. The highest BCUT2D eigenvalue weighted by Gasteiger charge is 2.34. The van der Waals surface area contributed by atoms with Gasteiger partial charge in [-0.15, -0.1) is 5.10 Å². The van der Waals surface area contributed by atoms with E-state index in [1.165, 1.54) is 0 Å². The van der Waals surface area contributed by atoms with Crippen LogP contribution in [0.4, 0.5) is 0 Å². The Balaban J connectivity index is 1.57. The topological polar surface area (TPSA) is 65.5 Å². The van der Waals surface area contributed by atoms with E-state index in [0.29, 0.717) is 23.1 Å². The molecule has 0 saturated heterocycles. The summed E-state index contributed by atoms with van der Waals surface area (Å²) < 4.78 is 13.6. The Labute approximate surface area is 182 Å². The number of fused-ring (bicyclic) bond motifs is 6. The van der Waals surface area contributed by atoms with Crippen molar-refractivity contribution in [3.63, 3.8) is 0 Å². The van der Waals surface area contributed by atoms with Gasteiger partial charge in [-0.1, -0.05) is 60.7 Å². The van der Waals surface area contributed by atoms with Crippen LogP contribution in [-0.4, -0.2) is 19.6 Å². The lowest BCUT2D eigenvalue weighted by Crippen LogP contribution is -2.15. The average Bonchev–Trinajstić information content (AvgIpc) is 3.53. The minimum Gasteiger partial charge on any atom is -0.461 e. The van der Waals surface area contributed by atoms with Gasteiger partial charge in [0.1, 0.15) is 12.1 Å². The van der Waals surface area contributed by atoms with Gasteiger partial charge in [-0.25, -0.2) is 14.5 Å². The van der Waals surface area contributed by atoms with Crippen LogP contribution in [0.15, 0.2) is 95.9 Å². The summed E-state index contributed by atoms with van der Waals surface area (Å²) in [5, 5.41) is 6.92. The number of benzene rings is 3. The number of furan rings is 1. The quantitative estimate of drug-likeness (QED) is 0.355. The van der Waals surface area contributed by atoms with Crippen molar-refractivity contribution in [1.29, 1.82) is 0 Å². The van der Waals surface area contributed by atoms with Crippen LogP contribution >= 0.6 is 0 Å². The molecule has 6 aromatic rings. The molecule has 0 amide bonds. The number of rotatable bonds is 2. The van der Waals surface area contributed by atoms with Gasteiger partial charge in [0.25, 0.3) is 0 Å². The number of hydrogen-bond acceptors (Lipinski definition) is 5. The fourth-order valence-electron chi connectivity index (χ4n) is 4.59. The van der Waals surface area contributed by atoms with Gasteiger partial charge in [-0.3, -0.25) is 0 Å². The van der Waals surface area contributed by atoms with E-state index in [2.05, 4.69) is 64.7 Å². The second-order valence-electron chi connectivity index (χ2n) is 7.79. The fourth-order valence-corrected chi connectivity index (χ4v) is 4.59. The average molecular weight is 416 g/mol. The Kier molecular flexibility index (Phi) is 3.52. The van der Waals surface area contributed by atoms with Crippen molar-refractivity contribution >= 4 is 16.4 Å². The van der Waals surface area contributed by atoms with Crippen molar-refractivity contribution in [2.75, 3.05) is 0 Å². The smallest absolute Gasteiger partial charge is 0.228 e. The van der Waals surface area contributed by atoms with Crippen LogP contribution in [0.2, 0.25) is 0 Å². The van der Waals surface area contributed by atoms with Gasteiger partial charge in [0.15, 0.2) is 11.4 Å². The van der Waals surface area contributed by atoms with Gasteiger partial charge in [0.05, 0.1) is 11.8 Å². The highest BCUT2D eigenvalue weighted by atomic mass is 16.5. The van der Waals surface area contributed by atoms with Gasteiger partial charge >= 0.3 is 0 Å². The molecule has 7 rings (SSSR count). The maximum atomic E-state index is 6.33. The zero-order valence-corrected chi connectivity index (χ0v) is 16.8. The minimum absolute atomic E-state index is 0.106. The Bertz CT molecular complexity index is 1600. The second kappa shape index (κ2) is 6.52. The van der Waals surface area contributed by atoms with Gasteiger partial charge in [-0.05, 0) is 34.5 Å². The molecule has 3 aromatic heterocycles. The third-order valence-electron chi connectivity index (χ3n) is 5.98. The highest BCUT2D eigenvalue weighted by molar-refractivity contribution is 5.90. The summed E-state index contributed by atoms with van der Waals surface area (Å²) in [6.45, 7) is 0. The molecule has 0 fully saturated rings. The Morgan fingerprint density at radius 2 is 1.69 bits per heavy atom. The molecule has 1 atom stereocenters. The zero-order valence-electron chi connectivity index (χ0n) is 16.8. The molecule has 1 aliphatic rings. The van der Waals surface area contributed by atoms with E-state index < -0.39 is 0 Å². The van der Waals surface area contributed by atoms with Crippen LogP contribution in [0.3, 0.4) is 0 Å². The first-order valence-electron chi connectivity index (χ1n) is 10.4. The third-order valence-corrected chi connectivity index (χ3v) is 5.98. The van der Waals surface area contributed by atoms with Gasteiger partial charge < -0.3 is 9.15 Å². The lowest BCUT2D eigenvalue weighted by atomic mass is 9.81. The molecule has 0 N–H and O–H groups in total. The van der Waals surface area contributed by atoms with E-state index in [-0.39, 0.29) is 5.92 Å². The predicted octanol–water partition coefficient (Wildman–Crippen LogP) is 5.82. The van der Waals surface area contributed by atoms with Crippen molar-refractivity contribution in [3.8, 4) is 23.2 Å². The number of nitrogens with zero attached hydrogens (tertiary/aromatic N) is 4. The van der Waals surface area contributed by atoms with E-state index in [4.69, 9.17) is 14.1 Å². The molecule has 0 unspecified atom stereocenters. The summed E-state index contributed by atoms with van der Waals surface area (Å²) in [5.74, 6) is 2.38. The van der Waals surface area contributed by atoms with Crippen LogP contribution in [0.25, 0.3) is 28.0 Å². The first-order valence-corrected chi connectivity index (χ1v) is 10.4. The lowest BCUT2D eigenvalue weighted by Gasteiger charge is -2.29. The minimum atomic E-state index is -0.106. The first-order chi connectivity index (χ1) is 15.9. The first kappa shape index (κ1) is 17.3. The van der Waals surface area contributed by atoms with Gasteiger partial charge in [0.2, 0.25) is 11.7 Å². The molecule has 32 heavy (non-hydrogen) atoms. The van der Waals surface area contributed by atoms with Crippen LogP contribution < -0.4 is 4.74 Å². The lowest BCUT2D eigenvalue weighted by molar-refractivity contribution is 0.433. The Morgan fingerprint density at radius 1 is 0.812 bits per heavy atom. The zero-order chi connectivity index (χ0) is 21.1. The van der Waals surface area contributed by atoms with Crippen LogP contribution in [0.5, 0.6) is 11.6 Å². The second-order valence-corrected chi connectivity index (χ2v) is 7.79. The molecule has 0 bridgehead atoms. The summed E-state index contributed by atoms with van der Waals surface area (Å²) in [6, 6.07) is 26.6. The number of hydrogen-bond donors (Lipinski definition) is 0. The van der Waals surface area contributed by atoms with Crippen molar-refractivity contribution in [2.45, 2.75) is 5.92 Å². The molecule has 0 radical (unpaired) electrons. The molecule has 6 heteroatoms. The summed E-state index contributed by atoms with van der Waals surface area (Å²) in [4.78, 5) is 9.44. The number of ether oxygens (including phenoxy) is 1. The highest BCUT2D eigenvalue weighted by Crippen LogP contribution is 2.50. The summed E-state index contributed by atoms with van der Waals surface area (Å²) in [6.07, 6.45) is 3.26. The maximum Gasteiger partial charge on any atom is 0.228 e. The Morgan fingerprint density at radius 3 is 2.56 bits per heavy atom. The largest absolute Gasteiger partial charge is 0.461 e. The summed E-state index contributed by atoms with van der Waals surface area (Å²) >= 11 is 0. The Hall–Kier alpha value is -4.45. The monoisotopic (exact) mass is 416 g/mol. The molecule has 1 aliphatic heterocycles. The normalized spacial score (nSPS) is 14.8. The molecule has 152 valence electrons. The van der Waals surface area contributed by atoms with Crippen molar-refractivity contribution in [2.24, 2.45) is 0 Å². The standard InChI is InChI=1S/C26H16N4O2/c1-2-8-17(9-3-1)21-22-18-10-5-4-7-16(18)12-13-19(22)32-26-23(21)25-28-24(20-11-6-14-31-20)29-30(25)15-27-26/h1-15,21H/t21-/m0/s1. The maximum absolute atomic E-state index is 6.33. The summed E-state index contributed by atoms with van der Waals surface area (Å²) in [7, 11) is 0. The van der Waals surface area contributed by atoms with Crippen LogP contribution in [0, 0.1) is 0 Å². The van der Waals surface area contributed by atoms with E-state index >= 15 is 0 Å². The van der Waals surface area contributed by atoms with Crippen molar-refractivity contribution < 1.29 is 9.15 Å². The molecular formula is C26H16N4O2. The van der Waals surface area contributed by atoms with Crippen molar-refractivity contribution in [1.82, 2.24) is 19.6 Å². The van der Waals surface area contributed by atoms with Crippen molar-refractivity contribution in [3.05, 3.63) is 108 Å². The molecule has 4 heterocycles. The van der Waals surface area contributed by atoms with Gasteiger partial charge in [0, 0.05) is 11.5 Å².